The molecule has 0 unspecified atom stereocenters. The lowest BCUT2D eigenvalue weighted by atomic mass is 9.86. The molecule has 2 N–H and O–H groups in total. The van der Waals surface area contributed by atoms with Gasteiger partial charge in [-0.15, -0.1) is 0 Å². The molecule has 0 atom stereocenters. The number of likely N-dealkylation sites (tertiary alicyclic amines) is 1. The van der Waals surface area contributed by atoms with E-state index in [9.17, 15) is 9.59 Å². The Labute approximate surface area is 137 Å². The molecule has 23 heavy (non-hydrogen) atoms. The number of carboxylic acid groups (broad SMARTS) is 1. The summed E-state index contributed by atoms with van der Waals surface area (Å²) >= 11 is 0. The van der Waals surface area contributed by atoms with E-state index in [4.69, 9.17) is 14.6 Å². The number of hydrogen-bond donors (Lipinski definition) is 2. The molecule has 0 aromatic heterocycles. The van der Waals surface area contributed by atoms with E-state index < -0.39 is 23.2 Å². The largest absolute Gasteiger partial charge is 0.481 e. The van der Waals surface area contributed by atoms with Crippen LogP contribution < -0.4 is 5.32 Å². The van der Waals surface area contributed by atoms with Crippen molar-refractivity contribution in [2.75, 3.05) is 32.8 Å². The molecule has 0 spiro atoms. The molecule has 0 bridgehead atoms. The van der Waals surface area contributed by atoms with E-state index in [1.54, 1.807) is 20.8 Å². The van der Waals surface area contributed by atoms with Gasteiger partial charge in [0, 0.05) is 19.6 Å². The van der Waals surface area contributed by atoms with E-state index >= 15 is 0 Å². The number of nitrogens with zero attached hydrogens (tertiary/aromatic N) is 1. The molecule has 1 amide bonds. The van der Waals surface area contributed by atoms with Crippen LogP contribution in [0.2, 0.25) is 0 Å². The van der Waals surface area contributed by atoms with E-state index in [1.807, 2.05) is 6.92 Å². The van der Waals surface area contributed by atoms with Gasteiger partial charge < -0.3 is 24.8 Å². The summed E-state index contributed by atoms with van der Waals surface area (Å²) < 4.78 is 10.7. The molecule has 0 saturated carbocycles. The summed E-state index contributed by atoms with van der Waals surface area (Å²) in [5.74, 6) is -0.899. The summed E-state index contributed by atoms with van der Waals surface area (Å²) in [6.07, 6.45) is -0.467. The third-order valence-electron chi connectivity index (χ3n) is 3.22. The molecule has 1 rings (SSSR count). The third-order valence-corrected chi connectivity index (χ3v) is 3.22. The molecule has 0 aromatic rings. The summed E-state index contributed by atoms with van der Waals surface area (Å²) in [6.45, 7) is 13.1. The maximum absolute atomic E-state index is 12.0. The van der Waals surface area contributed by atoms with E-state index in [2.05, 4.69) is 11.9 Å². The first-order valence-corrected chi connectivity index (χ1v) is 7.70. The van der Waals surface area contributed by atoms with Crippen LogP contribution in [0.5, 0.6) is 0 Å². The standard InChI is InChI=1S/C16H28N2O5/c1-12(2)9-22-7-6-17-16(8-13(19)20)10-18(11-16)14(21)23-15(3,4)5/h17H,1,6-11H2,2-5H3,(H,19,20). The van der Waals surface area contributed by atoms with Crippen LogP contribution in [0.25, 0.3) is 0 Å². The van der Waals surface area contributed by atoms with Crippen molar-refractivity contribution in [1.29, 1.82) is 0 Å². The Balaban J connectivity index is 2.45. The van der Waals surface area contributed by atoms with Gasteiger partial charge in [-0.25, -0.2) is 4.79 Å². The Morgan fingerprint density at radius 3 is 2.43 bits per heavy atom. The lowest BCUT2D eigenvalue weighted by molar-refractivity contribution is -0.141. The number of carbonyl (C=O) groups is 2. The highest BCUT2D eigenvalue weighted by Crippen LogP contribution is 2.26. The Kier molecular flexibility index (Phi) is 6.58. The number of ether oxygens (including phenoxy) is 2. The average Bonchev–Trinajstić information content (AvgIpc) is 2.30. The van der Waals surface area contributed by atoms with Gasteiger partial charge in [-0.3, -0.25) is 4.79 Å². The molecular formula is C16H28N2O5. The lowest BCUT2D eigenvalue weighted by Gasteiger charge is -2.49. The molecule has 1 aliphatic heterocycles. The Morgan fingerprint density at radius 1 is 1.35 bits per heavy atom. The highest BCUT2D eigenvalue weighted by atomic mass is 16.6. The number of carboxylic acids is 1. The smallest absolute Gasteiger partial charge is 0.410 e. The van der Waals surface area contributed by atoms with Gasteiger partial charge in [-0.1, -0.05) is 12.2 Å². The second-order valence-corrected chi connectivity index (χ2v) is 7.12. The first-order valence-electron chi connectivity index (χ1n) is 7.70. The number of amides is 1. The highest BCUT2D eigenvalue weighted by molar-refractivity contribution is 5.73. The third kappa shape index (κ3) is 7.00. The van der Waals surface area contributed by atoms with Crippen molar-refractivity contribution >= 4 is 12.1 Å². The van der Waals surface area contributed by atoms with Gasteiger partial charge in [0.05, 0.1) is 25.2 Å². The molecule has 0 aromatic carbocycles. The molecule has 1 fully saturated rings. The fourth-order valence-electron chi connectivity index (χ4n) is 2.35. The molecule has 7 nitrogen and oxygen atoms in total. The highest BCUT2D eigenvalue weighted by Gasteiger charge is 2.47. The quantitative estimate of drug-likeness (QED) is 0.520. The molecule has 7 heteroatoms. The average molecular weight is 328 g/mol. The molecule has 1 heterocycles. The summed E-state index contributed by atoms with van der Waals surface area (Å²) in [4.78, 5) is 24.5. The minimum absolute atomic E-state index is 0.0488. The number of rotatable bonds is 8. The van der Waals surface area contributed by atoms with Crippen LogP contribution in [0.3, 0.4) is 0 Å². The van der Waals surface area contributed by atoms with Crippen LogP contribution >= 0.6 is 0 Å². The topological polar surface area (TPSA) is 88.1 Å². The SMILES string of the molecule is C=C(C)COCCNC1(CC(=O)O)CN(C(=O)OC(C)(C)C)C1. The van der Waals surface area contributed by atoms with Crippen LogP contribution in [-0.2, 0) is 14.3 Å². The number of carbonyl (C=O) groups excluding carboxylic acids is 1. The van der Waals surface area contributed by atoms with E-state index in [0.29, 0.717) is 32.8 Å². The zero-order valence-electron chi connectivity index (χ0n) is 14.5. The van der Waals surface area contributed by atoms with Crippen molar-refractivity contribution in [2.24, 2.45) is 0 Å². The van der Waals surface area contributed by atoms with E-state index in [-0.39, 0.29) is 6.42 Å². The van der Waals surface area contributed by atoms with Crippen LogP contribution in [0.4, 0.5) is 4.79 Å². The zero-order chi connectivity index (χ0) is 17.7. The van der Waals surface area contributed by atoms with Crippen molar-refractivity contribution in [3.63, 3.8) is 0 Å². The van der Waals surface area contributed by atoms with Crippen molar-refractivity contribution in [3.8, 4) is 0 Å². The van der Waals surface area contributed by atoms with Gasteiger partial charge in [0.15, 0.2) is 0 Å². The predicted octanol–water partition coefficient (Wildman–Crippen LogP) is 1.63. The van der Waals surface area contributed by atoms with Crippen molar-refractivity contribution < 1.29 is 24.2 Å². The minimum atomic E-state index is -0.899. The van der Waals surface area contributed by atoms with Gasteiger partial charge >= 0.3 is 12.1 Å². The minimum Gasteiger partial charge on any atom is -0.481 e. The second-order valence-electron chi connectivity index (χ2n) is 7.12. The van der Waals surface area contributed by atoms with Gasteiger partial charge in [-0.05, 0) is 27.7 Å². The molecule has 1 saturated heterocycles. The van der Waals surface area contributed by atoms with Crippen molar-refractivity contribution in [2.45, 2.75) is 45.3 Å². The first-order chi connectivity index (χ1) is 10.5. The molecule has 0 radical (unpaired) electrons. The maximum Gasteiger partial charge on any atom is 0.410 e. The first kappa shape index (κ1) is 19.4. The lowest BCUT2D eigenvalue weighted by Crippen LogP contribution is -2.71. The second kappa shape index (κ2) is 7.79. The summed E-state index contributed by atoms with van der Waals surface area (Å²) in [5, 5.41) is 12.3. The zero-order valence-corrected chi connectivity index (χ0v) is 14.5. The molecular weight excluding hydrogens is 300 g/mol. The monoisotopic (exact) mass is 328 g/mol. The van der Waals surface area contributed by atoms with Gasteiger partial charge in [0.25, 0.3) is 0 Å². The van der Waals surface area contributed by atoms with E-state index in [0.717, 1.165) is 5.57 Å². The Bertz CT molecular complexity index is 450. The van der Waals surface area contributed by atoms with Crippen molar-refractivity contribution in [3.05, 3.63) is 12.2 Å². The predicted molar refractivity (Wildman–Crippen MR) is 86.4 cm³/mol. The fraction of sp³-hybridized carbons (Fsp3) is 0.750. The molecule has 132 valence electrons. The van der Waals surface area contributed by atoms with Gasteiger partial charge in [0.2, 0.25) is 0 Å². The van der Waals surface area contributed by atoms with Crippen LogP contribution in [0.1, 0.15) is 34.1 Å². The van der Waals surface area contributed by atoms with Gasteiger partial charge in [-0.2, -0.15) is 0 Å². The number of aliphatic carboxylic acids is 1. The maximum atomic E-state index is 12.0. The van der Waals surface area contributed by atoms with Crippen molar-refractivity contribution in [1.82, 2.24) is 10.2 Å². The number of hydrogen-bond acceptors (Lipinski definition) is 5. The summed E-state index contributed by atoms with van der Waals surface area (Å²) in [7, 11) is 0. The fourth-order valence-corrected chi connectivity index (χ4v) is 2.35. The van der Waals surface area contributed by atoms with Crippen LogP contribution in [-0.4, -0.2) is 66.1 Å². The normalized spacial score (nSPS) is 16.6. The van der Waals surface area contributed by atoms with Crippen LogP contribution in [0.15, 0.2) is 12.2 Å². The summed E-state index contributed by atoms with van der Waals surface area (Å²) in [6, 6.07) is 0. The molecule has 0 aliphatic carbocycles. The summed E-state index contributed by atoms with van der Waals surface area (Å²) in [5.41, 5.74) is -0.244. The Morgan fingerprint density at radius 2 is 1.96 bits per heavy atom. The number of nitrogens with one attached hydrogen (secondary N) is 1. The Hall–Kier alpha value is -1.60. The van der Waals surface area contributed by atoms with Gasteiger partial charge in [0.1, 0.15) is 5.60 Å². The molecule has 1 aliphatic rings. The van der Waals surface area contributed by atoms with E-state index in [1.165, 1.54) is 4.90 Å². The van der Waals surface area contributed by atoms with Crippen LogP contribution in [0, 0.1) is 0 Å².